The van der Waals surface area contributed by atoms with Crippen LogP contribution >= 0.6 is 0 Å². The number of aromatic amines is 1. The molecule has 0 saturated carbocycles. The molecule has 0 aliphatic heterocycles. The lowest BCUT2D eigenvalue weighted by Gasteiger charge is -2.09. The summed E-state index contributed by atoms with van der Waals surface area (Å²) in [7, 11) is -3.64. The summed E-state index contributed by atoms with van der Waals surface area (Å²) in [5.74, 6) is 0.452. The maximum Gasteiger partial charge on any atom is 0.260 e. The number of hydrogen-bond donors (Lipinski definition) is 2. The molecule has 0 radical (unpaired) electrons. The average Bonchev–Trinajstić information content (AvgIpc) is 3.00. The Morgan fingerprint density at radius 2 is 2.28 bits per heavy atom. The van der Waals surface area contributed by atoms with Gasteiger partial charge in [0.1, 0.15) is 12.2 Å². The van der Waals surface area contributed by atoms with Gasteiger partial charge in [-0.05, 0) is 13.8 Å². The normalized spacial score (nSPS) is 13.7. The minimum atomic E-state index is -3.64. The predicted molar refractivity (Wildman–Crippen MR) is 63.0 cm³/mol. The van der Waals surface area contributed by atoms with E-state index < -0.39 is 16.1 Å². The Morgan fingerprint density at radius 3 is 2.83 bits per heavy atom. The quantitative estimate of drug-likeness (QED) is 0.799. The molecule has 1 unspecified atom stereocenters. The third-order valence-electron chi connectivity index (χ3n) is 2.43. The first-order valence-corrected chi connectivity index (χ1v) is 6.90. The lowest BCUT2D eigenvalue weighted by atomic mass is 10.3. The fourth-order valence-electron chi connectivity index (χ4n) is 1.42. The topological polar surface area (TPSA) is 106 Å². The van der Waals surface area contributed by atoms with Gasteiger partial charge in [-0.25, -0.2) is 18.4 Å². The maximum atomic E-state index is 12.0. The first kappa shape index (κ1) is 12.7. The standard InChI is InChI=1S/C9H14N6O2S/c1-3-15-4-8(11-6-15)18(16,17)14-7(2)9-10-5-12-13-9/h4-7,14H,3H2,1-2H3,(H,10,12,13). The van der Waals surface area contributed by atoms with Crippen LogP contribution in [0, 0.1) is 0 Å². The van der Waals surface area contributed by atoms with Crippen molar-refractivity contribution in [2.24, 2.45) is 0 Å². The van der Waals surface area contributed by atoms with Crippen LogP contribution < -0.4 is 4.72 Å². The van der Waals surface area contributed by atoms with Crippen molar-refractivity contribution in [3.05, 3.63) is 24.7 Å². The molecule has 2 N–H and O–H groups in total. The van der Waals surface area contributed by atoms with Crippen LogP contribution in [0.5, 0.6) is 0 Å². The molecule has 2 aromatic rings. The van der Waals surface area contributed by atoms with Gasteiger partial charge < -0.3 is 4.57 Å². The molecule has 0 amide bonds. The van der Waals surface area contributed by atoms with E-state index >= 15 is 0 Å². The summed E-state index contributed by atoms with van der Waals surface area (Å²) in [6, 6.07) is -0.496. The number of imidazole rings is 1. The predicted octanol–water partition coefficient (Wildman–Crippen LogP) is 0.0606. The van der Waals surface area contributed by atoms with Crippen molar-refractivity contribution in [3.8, 4) is 0 Å². The molecule has 2 aromatic heterocycles. The average molecular weight is 270 g/mol. The van der Waals surface area contributed by atoms with Gasteiger partial charge in [-0.2, -0.15) is 9.82 Å². The monoisotopic (exact) mass is 270 g/mol. The maximum absolute atomic E-state index is 12.0. The second-order valence-corrected chi connectivity index (χ2v) is 5.42. The van der Waals surface area contributed by atoms with Crippen molar-refractivity contribution in [2.45, 2.75) is 31.5 Å². The zero-order chi connectivity index (χ0) is 13.2. The lowest BCUT2D eigenvalue weighted by Crippen LogP contribution is -2.27. The highest BCUT2D eigenvalue weighted by Crippen LogP contribution is 2.11. The molecule has 9 heteroatoms. The van der Waals surface area contributed by atoms with Crippen LogP contribution in [-0.2, 0) is 16.6 Å². The molecule has 0 bridgehead atoms. The Morgan fingerprint density at radius 1 is 1.50 bits per heavy atom. The molecule has 0 aliphatic carbocycles. The molecular weight excluding hydrogens is 256 g/mol. The molecule has 0 aliphatic rings. The van der Waals surface area contributed by atoms with Crippen molar-refractivity contribution >= 4 is 10.0 Å². The van der Waals surface area contributed by atoms with Crippen molar-refractivity contribution in [1.29, 1.82) is 0 Å². The number of aryl methyl sites for hydroxylation is 1. The van der Waals surface area contributed by atoms with Gasteiger partial charge in [0.2, 0.25) is 0 Å². The Balaban J connectivity index is 2.17. The van der Waals surface area contributed by atoms with Crippen LogP contribution in [0.3, 0.4) is 0 Å². The third-order valence-corrected chi connectivity index (χ3v) is 3.85. The zero-order valence-electron chi connectivity index (χ0n) is 10.0. The highest BCUT2D eigenvalue weighted by Gasteiger charge is 2.22. The van der Waals surface area contributed by atoms with E-state index in [0.29, 0.717) is 12.4 Å². The second kappa shape index (κ2) is 4.86. The van der Waals surface area contributed by atoms with Gasteiger partial charge in [0.15, 0.2) is 5.03 Å². The molecule has 0 fully saturated rings. The van der Waals surface area contributed by atoms with Crippen molar-refractivity contribution in [1.82, 2.24) is 29.5 Å². The number of hydrogen-bond acceptors (Lipinski definition) is 5. The first-order valence-electron chi connectivity index (χ1n) is 5.42. The van der Waals surface area contributed by atoms with Crippen molar-refractivity contribution in [2.75, 3.05) is 0 Å². The summed E-state index contributed by atoms with van der Waals surface area (Å²) in [6.07, 6.45) is 4.29. The summed E-state index contributed by atoms with van der Waals surface area (Å²) >= 11 is 0. The summed E-state index contributed by atoms with van der Waals surface area (Å²) in [5, 5.41) is 6.28. The molecule has 0 saturated heterocycles. The smallest absolute Gasteiger partial charge is 0.260 e. The van der Waals surface area contributed by atoms with E-state index in [9.17, 15) is 8.42 Å². The Labute approximate surface area is 105 Å². The van der Waals surface area contributed by atoms with E-state index in [1.807, 2.05) is 6.92 Å². The van der Waals surface area contributed by atoms with Gasteiger partial charge in [0, 0.05) is 12.7 Å². The van der Waals surface area contributed by atoms with Crippen LogP contribution in [0.1, 0.15) is 25.7 Å². The fourth-order valence-corrected chi connectivity index (χ4v) is 2.58. The van der Waals surface area contributed by atoms with Gasteiger partial charge in [0.05, 0.1) is 12.4 Å². The Hall–Kier alpha value is -1.74. The molecular formula is C9H14N6O2S. The van der Waals surface area contributed by atoms with E-state index in [1.165, 1.54) is 18.9 Å². The van der Waals surface area contributed by atoms with E-state index in [-0.39, 0.29) is 5.03 Å². The summed E-state index contributed by atoms with van der Waals surface area (Å²) in [5.41, 5.74) is 0. The minimum absolute atomic E-state index is 0.00397. The van der Waals surface area contributed by atoms with Crippen molar-refractivity contribution in [3.63, 3.8) is 0 Å². The van der Waals surface area contributed by atoms with E-state index in [2.05, 4.69) is 24.9 Å². The lowest BCUT2D eigenvalue weighted by molar-refractivity contribution is 0.557. The number of aromatic nitrogens is 5. The first-order chi connectivity index (χ1) is 8.53. The molecule has 0 spiro atoms. The minimum Gasteiger partial charge on any atom is -0.336 e. The summed E-state index contributed by atoms with van der Waals surface area (Å²) < 4.78 is 28.2. The second-order valence-electron chi connectivity index (χ2n) is 3.76. The van der Waals surface area contributed by atoms with Crippen LogP contribution in [-0.4, -0.2) is 33.2 Å². The molecule has 18 heavy (non-hydrogen) atoms. The van der Waals surface area contributed by atoms with Gasteiger partial charge in [-0.1, -0.05) is 0 Å². The number of H-pyrrole nitrogens is 1. The SMILES string of the molecule is CCn1cnc(S(=O)(=O)NC(C)c2ncn[nH]2)c1. The number of rotatable bonds is 5. The molecule has 2 rings (SSSR count). The Kier molecular flexibility index (Phi) is 3.43. The number of nitrogens with one attached hydrogen (secondary N) is 2. The van der Waals surface area contributed by atoms with Gasteiger partial charge in [0.25, 0.3) is 10.0 Å². The van der Waals surface area contributed by atoms with Crippen molar-refractivity contribution < 1.29 is 8.42 Å². The zero-order valence-corrected chi connectivity index (χ0v) is 10.8. The van der Waals surface area contributed by atoms with E-state index in [1.54, 1.807) is 11.5 Å². The number of nitrogens with zero attached hydrogens (tertiary/aromatic N) is 4. The fraction of sp³-hybridized carbons (Fsp3) is 0.444. The molecule has 1 atom stereocenters. The highest BCUT2D eigenvalue weighted by molar-refractivity contribution is 7.89. The summed E-state index contributed by atoms with van der Waals surface area (Å²) in [6.45, 7) is 4.25. The Bertz CT molecular complexity index is 603. The van der Waals surface area contributed by atoms with Crippen LogP contribution in [0.25, 0.3) is 0 Å². The molecule has 98 valence electrons. The van der Waals surface area contributed by atoms with E-state index in [0.717, 1.165) is 0 Å². The van der Waals surface area contributed by atoms with Crippen LogP contribution in [0.2, 0.25) is 0 Å². The molecule has 0 aromatic carbocycles. The van der Waals surface area contributed by atoms with Gasteiger partial charge in [-0.3, -0.25) is 5.10 Å². The van der Waals surface area contributed by atoms with Gasteiger partial charge >= 0.3 is 0 Å². The number of sulfonamides is 1. The van der Waals surface area contributed by atoms with Crippen LogP contribution in [0.4, 0.5) is 0 Å². The van der Waals surface area contributed by atoms with Gasteiger partial charge in [-0.15, -0.1) is 0 Å². The summed E-state index contributed by atoms with van der Waals surface area (Å²) in [4.78, 5) is 7.76. The van der Waals surface area contributed by atoms with Crippen LogP contribution in [0.15, 0.2) is 23.9 Å². The van der Waals surface area contributed by atoms with E-state index in [4.69, 9.17) is 0 Å². The highest BCUT2D eigenvalue weighted by atomic mass is 32.2. The molecule has 2 heterocycles. The third kappa shape index (κ3) is 2.57. The largest absolute Gasteiger partial charge is 0.336 e. The molecule has 8 nitrogen and oxygen atoms in total.